The highest BCUT2D eigenvalue weighted by Crippen LogP contribution is 2.36. The summed E-state index contributed by atoms with van der Waals surface area (Å²) < 4.78 is 26.1. The molecule has 0 N–H and O–H groups in total. The van der Waals surface area contributed by atoms with E-state index in [9.17, 15) is 4.39 Å². The number of benzene rings is 2. The first-order valence-electron chi connectivity index (χ1n) is 7.30. The van der Waals surface area contributed by atoms with E-state index in [4.69, 9.17) is 21.1 Å². The molecule has 0 aliphatic carbocycles. The van der Waals surface area contributed by atoms with Crippen LogP contribution >= 0.6 is 11.6 Å². The zero-order chi connectivity index (χ0) is 17.6. The zero-order valence-electron chi connectivity index (χ0n) is 13.3. The minimum atomic E-state index is -0.338. The smallest absolute Gasteiger partial charge is 0.180 e. The predicted octanol–water partition coefficient (Wildman–Crippen LogP) is 3.54. The highest BCUT2D eigenvalue weighted by Gasteiger charge is 2.13. The van der Waals surface area contributed by atoms with E-state index in [-0.39, 0.29) is 12.4 Å². The molecule has 25 heavy (non-hydrogen) atoms. The third kappa shape index (κ3) is 4.13. The van der Waals surface area contributed by atoms with E-state index in [0.29, 0.717) is 27.6 Å². The van der Waals surface area contributed by atoms with Crippen molar-refractivity contribution in [3.63, 3.8) is 0 Å². The second-order valence-electron chi connectivity index (χ2n) is 5.00. The zero-order valence-corrected chi connectivity index (χ0v) is 14.0. The Bertz CT molecular complexity index is 884. The van der Waals surface area contributed by atoms with Crippen LogP contribution in [0.25, 0.3) is 0 Å². The second-order valence-corrected chi connectivity index (χ2v) is 5.41. The molecule has 3 rings (SSSR count). The normalized spacial score (nSPS) is 11.0. The molecule has 6 nitrogen and oxygen atoms in total. The number of methoxy groups -OCH3 is 1. The Kier molecular flexibility index (Phi) is 5.25. The molecule has 1 aromatic heterocycles. The van der Waals surface area contributed by atoms with Crippen LogP contribution in [-0.2, 0) is 6.61 Å². The van der Waals surface area contributed by atoms with Crippen LogP contribution in [-0.4, -0.2) is 28.2 Å². The Morgan fingerprint density at radius 3 is 2.72 bits per heavy atom. The molecule has 0 saturated heterocycles. The van der Waals surface area contributed by atoms with Gasteiger partial charge in [-0.1, -0.05) is 29.8 Å². The number of hydrogen-bond acceptors (Lipinski definition) is 5. The van der Waals surface area contributed by atoms with Crippen LogP contribution in [0.4, 0.5) is 4.39 Å². The highest BCUT2D eigenvalue weighted by molar-refractivity contribution is 6.32. The molecule has 0 atom stereocenters. The topological polar surface area (TPSA) is 61.5 Å². The fourth-order valence-electron chi connectivity index (χ4n) is 2.11. The Balaban J connectivity index is 1.81. The molecular weight excluding hydrogens is 347 g/mol. The van der Waals surface area contributed by atoms with Crippen molar-refractivity contribution in [2.75, 3.05) is 7.11 Å². The molecule has 3 aromatic rings. The first-order valence-corrected chi connectivity index (χ1v) is 7.68. The summed E-state index contributed by atoms with van der Waals surface area (Å²) in [7, 11) is 1.50. The van der Waals surface area contributed by atoms with Crippen molar-refractivity contribution in [2.24, 2.45) is 5.10 Å². The third-order valence-corrected chi connectivity index (χ3v) is 3.61. The van der Waals surface area contributed by atoms with Crippen LogP contribution < -0.4 is 9.47 Å². The van der Waals surface area contributed by atoms with Gasteiger partial charge in [0.1, 0.15) is 25.1 Å². The Morgan fingerprint density at radius 2 is 2.00 bits per heavy atom. The van der Waals surface area contributed by atoms with Gasteiger partial charge < -0.3 is 9.47 Å². The molecule has 1 heterocycles. The lowest BCUT2D eigenvalue weighted by Crippen LogP contribution is -2.01. The molecule has 2 aromatic carbocycles. The van der Waals surface area contributed by atoms with Crippen LogP contribution in [0.3, 0.4) is 0 Å². The van der Waals surface area contributed by atoms with Gasteiger partial charge in [0, 0.05) is 5.56 Å². The fourth-order valence-corrected chi connectivity index (χ4v) is 2.38. The average Bonchev–Trinajstić information content (AvgIpc) is 3.13. The fraction of sp³-hybridized carbons (Fsp3) is 0.118. The number of halogens is 2. The summed E-state index contributed by atoms with van der Waals surface area (Å²) in [6.45, 7) is 0.0386. The summed E-state index contributed by atoms with van der Waals surface area (Å²) in [6, 6.07) is 9.78. The molecule has 8 heteroatoms. The highest BCUT2D eigenvalue weighted by atomic mass is 35.5. The summed E-state index contributed by atoms with van der Waals surface area (Å²) >= 11 is 6.29. The molecule has 128 valence electrons. The summed E-state index contributed by atoms with van der Waals surface area (Å²) in [5.74, 6) is 0.429. The molecule has 0 unspecified atom stereocenters. The van der Waals surface area contributed by atoms with Gasteiger partial charge in [-0.05, 0) is 23.8 Å². The SMILES string of the molecule is COc1cc(C=Nn2cnnc2)cc(Cl)c1OCc1ccccc1F. The van der Waals surface area contributed by atoms with Crippen LogP contribution in [0.2, 0.25) is 5.02 Å². The molecule has 0 bridgehead atoms. The van der Waals surface area contributed by atoms with Gasteiger partial charge in [0.05, 0.1) is 18.3 Å². The number of aromatic nitrogens is 3. The van der Waals surface area contributed by atoms with Crippen molar-refractivity contribution in [2.45, 2.75) is 6.61 Å². The van der Waals surface area contributed by atoms with E-state index < -0.39 is 0 Å². The van der Waals surface area contributed by atoms with Gasteiger partial charge in [-0.25, -0.2) is 9.07 Å². The maximum atomic E-state index is 13.7. The lowest BCUT2D eigenvalue weighted by molar-refractivity contribution is 0.280. The lowest BCUT2D eigenvalue weighted by atomic mass is 10.2. The van der Waals surface area contributed by atoms with E-state index in [2.05, 4.69) is 15.3 Å². The number of rotatable bonds is 6. The van der Waals surface area contributed by atoms with Crippen molar-refractivity contribution in [3.8, 4) is 11.5 Å². The van der Waals surface area contributed by atoms with Crippen molar-refractivity contribution < 1.29 is 13.9 Å². The van der Waals surface area contributed by atoms with Gasteiger partial charge in [-0.3, -0.25) is 0 Å². The van der Waals surface area contributed by atoms with Crippen molar-refractivity contribution in [1.29, 1.82) is 0 Å². The van der Waals surface area contributed by atoms with E-state index in [1.807, 2.05) is 0 Å². The molecular formula is C17H14ClFN4O2. The van der Waals surface area contributed by atoms with Gasteiger partial charge in [0.25, 0.3) is 0 Å². The molecule has 0 spiro atoms. The average molecular weight is 361 g/mol. The van der Waals surface area contributed by atoms with Gasteiger partial charge in [-0.15, -0.1) is 10.2 Å². The van der Waals surface area contributed by atoms with Crippen LogP contribution in [0, 0.1) is 5.82 Å². The first-order chi connectivity index (χ1) is 12.2. The maximum absolute atomic E-state index is 13.7. The summed E-state index contributed by atoms with van der Waals surface area (Å²) in [5.41, 5.74) is 1.13. The number of hydrogen-bond donors (Lipinski definition) is 0. The summed E-state index contributed by atoms with van der Waals surface area (Å²) in [5, 5.41) is 11.8. The van der Waals surface area contributed by atoms with E-state index in [0.717, 1.165) is 0 Å². The predicted molar refractivity (Wildman–Crippen MR) is 91.8 cm³/mol. The third-order valence-electron chi connectivity index (χ3n) is 3.33. The molecule has 0 radical (unpaired) electrons. The largest absolute Gasteiger partial charge is 0.493 e. The van der Waals surface area contributed by atoms with Crippen LogP contribution in [0.15, 0.2) is 54.2 Å². The molecule has 0 aliphatic rings. The maximum Gasteiger partial charge on any atom is 0.180 e. The number of ether oxygens (including phenoxy) is 2. The lowest BCUT2D eigenvalue weighted by Gasteiger charge is -2.13. The van der Waals surface area contributed by atoms with Crippen LogP contribution in [0.5, 0.6) is 11.5 Å². The summed E-state index contributed by atoms with van der Waals surface area (Å²) in [6.07, 6.45) is 4.50. The van der Waals surface area contributed by atoms with E-state index in [1.165, 1.54) is 30.5 Å². The van der Waals surface area contributed by atoms with Gasteiger partial charge in [0.2, 0.25) is 0 Å². The van der Waals surface area contributed by atoms with Gasteiger partial charge >= 0.3 is 0 Å². The first kappa shape index (κ1) is 16.9. The molecule has 0 saturated carbocycles. The Labute approximate surface area is 148 Å². The van der Waals surface area contributed by atoms with Crippen LogP contribution in [0.1, 0.15) is 11.1 Å². The monoisotopic (exact) mass is 360 g/mol. The minimum absolute atomic E-state index is 0.0386. The number of nitrogens with zero attached hydrogens (tertiary/aromatic N) is 4. The van der Waals surface area contributed by atoms with Gasteiger partial charge in [-0.2, -0.15) is 5.10 Å². The Hall–Kier alpha value is -2.93. The quantitative estimate of drug-likeness (QED) is 0.631. The molecule has 0 aliphatic heterocycles. The second kappa shape index (κ2) is 7.76. The van der Waals surface area contributed by atoms with Crippen molar-refractivity contribution in [1.82, 2.24) is 14.9 Å². The minimum Gasteiger partial charge on any atom is -0.493 e. The Morgan fingerprint density at radius 1 is 1.24 bits per heavy atom. The van der Waals surface area contributed by atoms with Crippen molar-refractivity contribution in [3.05, 3.63) is 71.0 Å². The molecule has 0 fully saturated rings. The standard InChI is InChI=1S/C17H14ClFN4O2/c1-24-16-7-12(8-22-23-10-20-21-11-23)6-14(18)17(16)25-9-13-4-2-3-5-15(13)19/h2-8,10-11H,9H2,1H3. The van der Waals surface area contributed by atoms with E-state index in [1.54, 1.807) is 36.5 Å². The summed E-state index contributed by atoms with van der Waals surface area (Å²) in [4.78, 5) is 0. The van der Waals surface area contributed by atoms with E-state index >= 15 is 0 Å². The molecule has 0 amide bonds. The van der Waals surface area contributed by atoms with Gasteiger partial charge in [0.15, 0.2) is 11.5 Å². The van der Waals surface area contributed by atoms with Crippen molar-refractivity contribution >= 4 is 17.8 Å².